The van der Waals surface area contributed by atoms with Crippen LogP contribution >= 0.6 is 27.7 Å². The predicted octanol–water partition coefficient (Wildman–Crippen LogP) is 4.15. The average molecular weight is 420 g/mol. The number of pyridine rings is 1. The van der Waals surface area contributed by atoms with Gasteiger partial charge in [0.25, 0.3) is 0 Å². The standard InChI is InChI=1S/C18H18BrN3O2S/c1-10-9-22-17(11-7-15(24-2)14(23)8-12(11)19)16(21-18(22)25-10)13-5-3-4-6-20-13/h3-8,10,16-17,23H,9H2,1-2H3/t10-,16-,17+/m0/s1. The molecule has 5 nitrogen and oxygen atoms in total. The summed E-state index contributed by atoms with van der Waals surface area (Å²) in [5, 5.41) is 11.6. The van der Waals surface area contributed by atoms with E-state index in [1.54, 1.807) is 31.1 Å². The summed E-state index contributed by atoms with van der Waals surface area (Å²) in [7, 11) is 1.56. The van der Waals surface area contributed by atoms with Crippen molar-refractivity contribution in [3.8, 4) is 11.5 Å². The number of ether oxygens (including phenoxy) is 1. The summed E-state index contributed by atoms with van der Waals surface area (Å²) in [6.45, 7) is 3.15. The van der Waals surface area contributed by atoms with Crippen LogP contribution in [0.2, 0.25) is 0 Å². The van der Waals surface area contributed by atoms with Crippen molar-refractivity contribution in [1.29, 1.82) is 0 Å². The number of aromatic nitrogens is 1. The van der Waals surface area contributed by atoms with Crippen molar-refractivity contribution in [1.82, 2.24) is 9.88 Å². The number of hydrogen-bond acceptors (Lipinski definition) is 6. The number of phenolic OH excluding ortho intramolecular Hbond substituents is 1. The summed E-state index contributed by atoms with van der Waals surface area (Å²) in [6.07, 6.45) is 1.80. The van der Waals surface area contributed by atoms with Crippen LogP contribution in [0.3, 0.4) is 0 Å². The van der Waals surface area contributed by atoms with Crippen molar-refractivity contribution in [3.05, 3.63) is 52.3 Å². The lowest BCUT2D eigenvalue weighted by Gasteiger charge is -2.28. The fourth-order valence-electron chi connectivity index (χ4n) is 3.40. The minimum absolute atomic E-state index is 0.0197. The first-order chi connectivity index (χ1) is 12.1. The molecule has 25 heavy (non-hydrogen) atoms. The highest BCUT2D eigenvalue weighted by Gasteiger charge is 2.44. The summed E-state index contributed by atoms with van der Waals surface area (Å²) in [6, 6.07) is 9.45. The molecule has 1 aromatic carbocycles. The summed E-state index contributed by atoms with van der Waals surface area (Å²) in [4.78, 5) is 11.8. The van der Waals surface area contributed by atoms with Gasteiger partial charge in [0.15, 0.2) is 16.7 Å². The Bertz CT molecular complexity index is 831. The first-order valence-corrected chi connectivity index (χ1v) is 9.74. The van der Waals surface area contributed by atoms with Crippen LogP contribution in [-0.2, 0) is 0 Å². The third-order valence-corrected chi connectivity index (χ3v) is 6.29. The third-order valence-electron chi connectivity index (χ3n) is 4.50. The number of rotatable bonds is 3. The number of aliphatic imine (C=N–C) groups is 1. The number of hydrogen-bond donors (Lipinski definition) is 1. The van der Waals surface area contributed by atoms with Crippen molar-refractivity contribution in [2.45, 2.75) is 24.3 Å². The summed E-state index contributed by atoms with van der Waals surface area (Å²) in [5.41, 5.74) is 1.99. The topological polar surface area (TPSA) is 58.0 Å². The van der Waals surface area contributed by atoms with Crippen LogP contribution in [0, 0.1) is 0 Å². The monoisotopic (exact) mass is 419 g/mol. The van der Waals surface area contributed by atoms with Gasteiger partial charge >= 0.3 is 0 Å². The van der Waals surface area contributed by atoms with Crippen LogP contribution in [-0.4, -0.2) is 39.1 Å². The second-order valence-electron chi connectivity index (χ2n) is 6.18. The quantitative estimate of drug-likeness (QED) is 0.809. The zero-order chi connectivity index (χ0) is 17.6. The lowest BCUT2D eigenvalue weighted by Crippen LogP contribution is -2.28. The van der Waals surface area contributed by atoms with Gasteiger partial charge in [-0.1, -0.05) is 40.7 Å². The van der Waals surface area contributed by atoms with Gasteiger partial charge < -0.3 is 14.7 Å². The van der Waals surface area contributed by atoms with Gasteiger partial charge in [0, 0.05) is 22.5 Å². The molecule has 130 valence electrons. The molecule has 7 heteroatoms. The van der Waals surface area contributed by atoms with E-state index in [9.17, 15) is 5.11 Å². The molecule has 2 aliphatic rings. The van der Waals surface area contributed by atoms with E-state index < -0.39 is 0 Å². The zero-order valence-corrected chi connectivity index (χ0v) is 16.3. The predicted molar refractivity (Wildman–Crippen MR) is 103 cm³/mol. The van der Waals surface area contributed by atoms with Crippen molar-refractivity contribution >= 4 is 32.9 Å². The smallest absolute Gasteiger partial charge is 0.160 e. The number of aromatic hydroxyl groups is 1. The molecule has 0 amide bonds. The highest BCUT2D eigenvalue weighted by atomic mass is 79.9. The summed E-state index contributed by atoms with van der Waals surface area (Å²) in [5.74, 6) is 0.585. The molecule has 1 fully saturated rings. The molecule has 0 saturated carbocycles. The maximum absolute atomic E-state index is 10.1. The van der Waals surface area contributed by atoms with E-state index in [0.29, 0.717) is 11.0 Å². The Hall–Kier alpha value is -1.73. The van der Waals surface area contributed by atoms with Gasteiger partial charge in [0.05, 0.1) is 18.8 Å². The number of methoxy groups -OCH3 is 1. The van der Waals surface area contributed by atoms with Gasteiger partial charge in [0.1, 0.15) is 6.04 Å². The first kappa shape index (κ1) is 16.7. The number of benzene rings is 1. The molecule has 0 radical (unpaired) electrons. The van der Waals surface area contributed by atoms with Gasteiger partial charge in [-0.05, 0) is 29.8 Å². The lowest BCUT2D eigenvalue weighted by molar-refractivity contribution is 0.317. The maximum atomic E-state index is 10.1. The second kappa shape index (κ2) is 6.53. The van der Waals surface area contributed by atoms with Gasteiger partial charge in [-0.3, -0.25) is 9.98 Å². The highest BCUT2D eigenvalue weighted by Crippen LogP contribution is 2.50. The molecule has 1 saturated heterocycles. The van der Waals surface area contributed by atoms with Gasteiger partial charge in [0.2, 0.25) is 0 Å². The Morgan fingerprint density at radius 1 is 1.36 bits per heavy atom. The fraction of sp³-hybridized carbons (Fsp3) is 0.333. The molecule has 3 atom stereocenters. The number of phenols is 1. The molecule has 2 aliphatic heterocycles. The average Bonchev–Trinajstić information content (AvgIpc) is 3.12. The number of fused-ring (bicyclic) bond motifs is 1. The van der Waals surface area contributed by atoms with Crippen LogP contribution in [0.25, 0.3) is 0 Å². The van der Waals surface area contributed by atoms with Crippen LogP contribution in [0.15, 0.2) is 46.0 Å². The second-order valence-corrected chi connectivity index (χ2v) is 8.44. The van der Waals surface area contributed by atoms with Gasteiger partial charge in [-0.2, -0.15) is 0 Å². The molecule has 2 aromatic rings. The Labute approximate surface area is 159 Å². The number of halogens is 1. The molecule has 0 spiro atoms. The zero-order valence-electron chi connectivity index (χ0n) is 13.9. The van der Waals surface area contributed by atoms with Crippen LogP contribution in [0.4, 0.5) is 0 Å². The summed E-state index contributed by atoms with van der Waals surface area (Å²) < 4.78 is 6.17. The Kier molecular flexibility index (Phi) is 4.37. The van der Waals surface area contributed by atoms with Crippen molar-refractivity contribution < 1.29 is 9.84 Å². The maximum Gasteiger partial charge on any atom is 0.160 e. The van der Waals surface area contributed by atoms with Crippen molar-refractivity contribution in [2.75, 3.05) is 13.7 Å². The molecule has 1 N–H and O–H groups in total. The molecule has 0 bridgehead atoms. The van der Waals surface area contributed by atoms with Crippen LogP contribution in [0.1, 0.15) is 30.3 Å². The molecule has 1 aromatic heterocycles. The number of amidine groups is 1. The van der Waals surface area contributed by atoms with E-state index in [2.05, 4.69) is 32.7 Å². The van der Waals surface area contributed by atoms with E-state index in [-0.39, 0.29) is 17.8 Å². The number of thioether (sulfide) groups is 1. The van der Waals surface area contributed by atoms with E-state index in [0.717, 1.165) is 27.4 Å². The SMILES string of the molecule is COc1cc([C@@H]2[C@H](c3ccccn3)N=C3S[C@@H](C)CN32)c(Br)cc1O. The van der Waals surface area contributed by atoms with Crippen LogP contribution in [0.5, 0.6) is 11.5 Å². The largest absolute Gasteiger partial charge is 0.504 e. The van der Waals surface area contributed by atoms with Gasteiger partial charge in [-0.25, -0.2) is 0 Å². The number of nitrogens with zero attached hydrogens (tertiary/aromatic N) is 3. The Morgan fingerprint density at radius 2 is 2.20 bits per heavy atom. The van der Waals surface area contributed by atoms with Crippen LogP contribution < -0.4 is 4.74 Å². The fourth-order valence-corrected chi connectivity index (χ4v) is 5.06. The highest BCUT2D eigenvalue weighted by molar-refractivity contribution is 9.10. The molecule has 0 aliphatic carbocycles. The van der Waals surface area contributed by atoms with E-state index in [1.807, 2.05) is 24.3 Å². The van der Waals surface area contributed by atoms with Crippen molar-refractivity contribution in [3.63, 3.8) is 0 Å². The third kappa shape index (κ3) is 2.89. The molecule has 4 rings (SSSR count). The van der Waals surface area contributed by atoms with E-state index >= 15 is 0 Å². The summed E-state index contributed by atoms with van der Waals surface area (Å²) >= 11 is 5.42. The van der Waals surface area contributed by atoms with Gasteiger partial charge in [-0.15, -0.1) is 0 Å². The van der Waals surface area contributed by atoms with E-state index in [4.69, 9.17) is 9.73 Å². The molecule has 3 heterocycles. The minimum Gasteiger partial charge on any atom is -0.504 e. The Balaban J connectivity index is 1.83. The lowest BCUT2D eigenvalue weighted by atomic mass is 9.96. The first-order valence-electron chi connectivity index (χ1n) is 8.07. The molecular weight excluding hydrogens is 402 g/mol. The normalized spacial score (nSPS) is 25.0. The minimum atomic E-state index is -0.0817. The Morgan fingerprint density at radius 3 is 2.92 bits per heavy atom. The molecule has 0 unspecified atom stereocenters. The van der Waals surface area contributed by atoms with E-state index in [1.165, 1.54) is 0 Å². The molecular formula is C18H18BrN3O2S. The van der Waals surface area contributed by atoms with Crippen molar-refractivity contribution in [2.24, 2.45) is 4.99 Å².